The van der Waals surface area contributed by atoms with Crippen molar-refractivity contribution in [3.8, 4) is 0 Å². The van der Waals surface area contributed by atoms with Gasteiger partial charge in [0.05, 0.1) is 4.90 Å². The lowest BCUT2D eigenvalue weighted by Crippen LogP contribution is -2.28. The summed E-state index contributed by atoms with van der Waals surface area (Å²) in [6, 6.07) is 13.2. The van der Waals surface area contributed by atoms with Crippen LogP contribution in [-0.2, 0) is 16.4 Å². The van der Waals surface area contributed by atoms with Crippen molar-refractivity contribution in [3.63, 3.8) is 0 Å². The van der Waals surface area contributed by atoms with Crippen LogP contribution in [0.1, 0.15) is 29.2 Å². The van der Waals surface area contributed by atoms with Gasteiger partial charge in [-0.25, -0.2) is 13.1 Å². The fraction of sp³-hybridized carbons (Fsp3) is 0.250. The van der Waals surface area contributed by atoms with Gasteiger partial charge in [0.1, 0.15) is 0 Å². The van der Waals surface area contributed by atoms with Gasteiger partial charge < -0.3 is 0 Å². The van der Waals surface area contributed by atoms with E-state index in [0.29, 0.717) is 4.90 Å². The molecule has 0 radical (unpaired) electrons. The lowest BCUT2D eigenvalue weighted by molar-refractivity contribution is 0.554. The van der Waals surface area contributed by atoms with Gasteiger partial charge in [0.25, 0.3) is 0 Å². The number of rotatable bonds is 3. The molecule has 1 N–H and O–H groups in total. The molecule has 0 fully saturated rings. The first-order chi connectivity index (χ1) is 9.97. The fourth-order valence-electron chi connectivity index (χ4n) is 2.79. The summed E-state index contributed by atoms with van der Waals surface area (Å²) in [5, 5.41) is 0. The van der Waals surface area contributed by atoms with E-state index in [1.165, 1.54) is 5.56 Å². The summed E-state index contributed by atoms with van der Waals surface area (Å²) < 4.78 is 28.9. The van der Waals surface area contributed by atoms with Crippen LogP contribution in [0, 0.1) is 6.92 Å². The quantitative estimate of drug-likeness (QED) is 0.900. The molecule has 2 aromatic rings. The Labute approximate surface area is 133 Å². The summed E-state index contributed by atoms with van der Waals surface area (Å²) in [6.07, 6.45) is 1.73. The summed E-state index contributed by atoms with van der Waals surface area (Å²) in [5.74, 6) is 0. The molecule has 110 valence electrons. The fourth-order valence-corrected chi connectivity index (χ4v) is 4.83. The molecule has 3 rings (SSSR count). The van der Waals surface area contributed by atoms with Gasteiger partial charge in [-0.05, 0) is 48.6 Å². The van der Waals surface area contributed by atoms with Crippen molar-refractivity contribution in [1.82, 2.24) is 4.72 Å². The van der Waals surface area contributed by atoms with E-state index < -0.39 is 10.0 Å². The topological polar surface area (TPSA) is 46.2 Å². The van der Waals surface area contributed by atoms with E-state index in [2.05, 4.69) is 26.7 Å². The second-order valence-corrected chi connectivity index (χ2v) is 7.92. The average molecular weight is 366 g/mol. The second-order valence-electron chi connectivity index (χ2n) is 5.32. The maximum atomic E-state index is 12.6. The number of fused-ring (bicyclic) bond motifs is 1. The molecule has 21 heavy (non-hydrogen) atoms. The molecule has 2 aromatic carbocycles. The van der Waals surface area contributed by atoms with Crippen molar-refractivity contribution >= 4 is 26.0 Å². The minimum absolute atomic E-state index is 0.135. The van der Waals surface area contributed by atoms with Crippen LogP contribution < -0.4 is 4.72 Å². The van der Waals surface area contributed by atoms with Crippen molar-refractivity contribution in [3.05, 3.63) is 63.6 Å². The lowest BCUT2D eigenvalue weighted by Gasteiger charge is -2.16. The Bertz CT molecular complexity index is 787. The van der Waals surface area contributed by atoms with E-state index in [4.69, 9.17) is 0 Å². The van der Waals surface area contributed by atoms with Crippen LogP contribution in [0.5, 0.6) is 0 Å². The number of halogens is 1. The SMILES string of the molecule is Cc1ccc(Br)cc1S(=O)(=O)N[C@@H]1CCc2ccccc21. The smallest absolute Gasteiger partial charge is 0.207 e. The lowest BCUT2D eigenvalue weighted by atomic mass is 10.1. The number of hydrogen-bond donors (Lipinski definition) is 1. The van der Waals surface area contributed by atoms with E-state index in [9.17, 15) is 8.42 Å². The second kappa shape index (κ2) is 5.55. The molecule has 0 amide bonds. The normalized spacial score (nSPS) is 17.7. The predicted octanol–water partition coefficient (Wildman–Crippen LogP) is 3.72. The van der Waals surface area contributed by atoms with Gasteiger partial charge in [-0.15, -0.1) is 0 Å². The molecule has 3 nitrogen and oxygen atoms in total. The molecular formula is C16H16BrNO2S. The molecular weight excluding hydrogens is 350 g/mol. The molecule has 0 aliphatic heterocycles. The zero-order chi connectivity index (χ0) is 15.0. The number of sulfonamides is 1. The number of hydrogen-bond acceptors (Lipinski definition) is 2. The van der Waals surface area contributed by atoms with Gasteiger partial charge >= 0.3 is 0 Å². The first-order valence-electron chi connectivity index (χ1n) is 6.84. The third-order valence-electron chi connectivity index (χ3n) is 3.87. The first kappa shape index (κ1) is 14.8. The first-order valence-corrected chi connectivity index (χ1v) is 9.11. The standard InChI is InChI=1S/C16H16BrNO2S/c1-11-6-8-13(17)10-16(11)21(19,20)18-15-9-7-12-4-2-3-5-14(12)15/h2-6,8,10,15,18H,7,9H2,1H3/t15-/m1/s1. The Kier molecular flexibility index (Phi) is 3.90. The molecule has 5 heteroatoms. The Morgan fingerprint density at radius 1 is 1.19 bits per heavy atom. The maximum Gasteiger partial charge on any atom is 0.241 e. The van der Waals surface area contributed by atoms with E-state index in [1.807, 2.05) is 31.2 Å². The summed E-state index contributed by atoms with van der Waals surface area (Å²) >= 11 is 3.34. The summed E-state index contributed by atoms with van der Waals surface area (Å²) in [7, 11) is -3.52. The van der Waals surface area contributed by atoms with Gasteiger partial charge in [0, 0.05) is 10.5 Å². The van der Waals surface area contributed by atoms with Gasteiger partial charge in [0.2, 0.25) is 10.0 Å². The molecule has 1 aliphatic rings. The predicted molar refractivity (Wildman–Crippen MR) is 86.7 cm³/mol. The van der Waals surface area contributed by atoms with Crippen molar-refractivity contribution < 1.29 is 8.42 Å². The Morgan fingerprint density at radius 3 is 2.76 bits per heavy atom. The van der Waals surface area contributed by atoms with E-state index in [0.717, 1.165) is 28.4 Å². The molecule has 1 atom stereocenters. The zero-order valence-electron chi connectivity index (χ0n) is 11.6. The minimum Gasteiger partial charge on any atom is -0.207 e. The van der Waals surface area contributed by atoms with Crippen molar-refractivity contribution in [2.75, 3.05) is 0 Å². The minimum atomic E-state index is -3.52. The van der Waals surface area contributed by atoms with Crippen molar-refractivity contribution in [2.45, 2.75) is 30.7 Å². The summed E-state index contributed by atoms with van der Waals surface area (Å²) in [6.45, 7) is 1.81. The number of aryl methyl sites for hydroxylation is 2. The largest absolute Gasteiger partial charge is 0.241 e. The molecule has 0 saturated carbocycles. The average Bonchev–Trinajstić information content (AvgIpc) is 2.84. The number of nitrogens with one attached hydrogen (secondary N) is 1. The van der Waals surface area contributed by atoms with Crippen LogP contribution >= 0.6 is 15.9 Å². The van der Waals surface area contributed by atoms with Crippen LogP contribution in [0.4, 0.5) is 0 Å². The van der Waals surface area contributed by atoms with Gasteiger partial charge in [-0.2, -0.15) is 0 Å². The highest BCUT2D eigenvalue weighted by atomic mass is 79.9. The Morgan fingerprint density at radius 2 is 1.95 bits per heavy atom. The van der Waals surface area contributed by atoms with Crippen LogP contribution in [0.25, 0.3) is 0 Å². The summed E-state index contributed by atoms with van der Waals surface area (Å²) in [5.41, 5.74) is 3.07. The van der Waals surface area contributed by atoms with Crippen molar-refractivity contribution in [1.29, 1.82) is 0 Å². The third-order valence-corrected chi connectivity index (χ3v) is 5.98. The maximum absolute atomic E-state index is 12.6. The summed E-state index contributed by atoms with van der Waals surface area (Å²) in [4.78, 5) is 0.334. The van der Waals surface area contributed by atoms with E-state index >= 15 is 0 Å². The number of benzene rings is 2. The Hall–Kier alpha value is -1.17. The monoisotopic (exact) mass is 365 g/mol. The van der Waals surface area contributed by atoms with Crippen LogP contribution in [0.2, 0.25) is 0 Å². The molecule has 1 aliphatic carbocycles. The molecule has 0 bridgehead atoms. The van der Waals surface area contributed by atoms with Crippen molar-refractivity contribution in [2.24, 2.45) is 0 Å². The molecule has 0 spiro atoms. The van der Waals surface area contributed by atoms with Crippen LogP contribution in [-0.4, -0.2) is 8.42 Å². The highest BCUT2D eigenvalue weighted by Gasteiger charge is 2.27. The molecule has 0 heterocycles. The zero-order valence-corrected chi connectivity index (χ0v) is 14.0. The molecule has 0 unspecified atom stereocenters. The van der Waals surface area contributed by atoms with Crippen LogP contribution in [0.15, 0.2) is 51.8 Å². The van der Waals surface area contributed by atoms with Gasteiger partial charge in [-0.1, -0.05) is 46.3 Å². The highest BCUT2D eigenvalue weighted by molar-refractivity contribution is 9.10. The molecule has 0 aromatic heterocycles. The van der Waals surface area contributed by atoms with Gasteiger partial charge in [0.15, 0.2) is 0 Å². The molecule has 0 saturated heterocycles. The van der Waals surface area contributed by atoms with Gasteiger partial charge in [-0.3, -0.25) is 0 Å². The van der Waals surface area contributed by atoms with E-state index in [-0.39, 0.29) is 6.04 Å². The Balaban J connectivity index is 1.93. The van der Waals surface area contributed by atoms with E-state index in [1.54, 1.807) is 12.1 Å². The van der Waals surface area contributed by atoms with Crippen LogP contribution in [0.3, 0.4) is 0 Å². The highest BCUT2D eigenvalue weighted by Crippen LogP contribution is 2.32. The third kappa shape index (κ3) is 2.91.